The Morgan fingerprint density at radius 2 is 2.22 bits per heavy atom. The number of aryl methyl sites for hydroxylation is 1. The Bertz CT molecular complexity index is 222. The van der Waals surface area contributed by atoms with Gasteiger partial charge < -0.3 is 0 Å². The van der Waals surface area contributed by atoms with E-state index >= 15 is 0 Å². The molecule has 0 unspecified atom stereocenters. The molecule has 0 bridgehead atoms. The molecule has 9 heavy (non-hydrogen) atoms. The zero-order chi connectivity index (χ0) is 6.85. The SMILES string of the molecule is C[n+]1cc(Br)ccc1N. The van der Waals surface area contributed by atoms with E-state index in [9.17, 15) is 0 Å². The second kappa shape index (κ2) is 2.35. The number of halogens is 1. The quantitative estimate of drug-likeness (QED) is 0.601. The molecule has 2 N–H and O–H groups in total. The zero-order valence-corrected chi connectivity index (χ0v) is 6.72. The van der Waals surface area contributed by atoms with E-state index in [0.29, 0.717) is 0 Å². The van der Waals surface area contributed by atoms with Crippen molar-refractivity contribution in [2.45, 2.75) is 0 Å². The number of hydrogen-bond donors (Lipinski definition) is 1. The molecule has 0 aliphatic carbocycles. The summed E-state index contributed by atoms with van der Waals surface area (Å²) in [6.07, 6.45) is 1.91. The summed E-state index contributed by atoms with van der Waals surface area (Å²) in [5.74, 6) is 0.762. The van der Waals surface area contributed by atoms with Crippen molar-refractivity contribution in [2.75, 3.05) is 5.73 Å². The molecular formula is C6H8BrN2+. The van der Waals surface area contributed by atoms with E-state index in [1.807, 2.05) is 29.9 Å². The van der Waals surface area contributed by atoms with Crippen LogP contribution in [0, 0.1) is 0 Å². The second-order valence-corrected chi connectivity index (χ2v) is 2.80. The summed E-state index contributed by atoms with van der Waals surface area (Å²) in [7, 11) is 1.90. The maximum Gasteiger partial charge on any atom is 0.272 e. The Labute approximate surface area is 62.4 Å². The van der Waals surface area contributed by atoms with Crippen LogP contribution in [-0.2, 0) is 7.05 Å². The number of hydrogen-bond acceptors (Lipinski definition) is 1. The van der Waals surface area contributed by atoms with Crippen molar-refractivity contribution in [3.63, 3.8) is 0 Å². The van der Waals surface area contributed by atoms with Crippen LogP contribution >= 0.6 is 15.9 Å². The molecule has 1 aromatic rings. The Morgan fingerprint density at radius 1 is 1.56 bits per heavy atom. The topological polar surface area (TPSA) is 29.9 Å². The first-order chi connectivity index (χ1) is 4.20. The molecule has 0 aliphatic rings. The molecule has 0 aromatic carbocycles. The number of rotatable bonds is 0. The highest BCUT2D eigenvalue weighted by atomic mass is 79.9. The average Bonchev–Trinajstić information content (AvgIpc) is 1.80. The molecule has 0 spiro atoms. The smallest absolute Gasteiger partial charge is 0.272 e. The minimum atomic E-state index is 0.762. The third-order valence-corrected chi connectivity index (χ3v) is 1.61. The number of aromatic nitrogens is 1. The van der Waals surface area contributed by atoms with Crippen LogP contribution in [0.5, 0.6) is 0 Å². The van der Waals surface area contributed by atoms with Gasteiger partial charge in [0.2, 0.25) is 0 Å². The first-order valence-electron chi connectivity index (χ1n) is 2.61. The van der Waals surface area contributed by atoms with Crippen molar-refractivity contribution >= 4 is 21.7 Å². The molecule has 0 aliphatic heterocycles. The van der Waals surface area contributed by atoms with E-state index in [4.69, 9.17) is 5.73 Å². The highest BCUT2D eigenvalue weighted by molar-refractivity contribution is 9.10. The van der Waals surface area contributed by atoms with Crippen LogP contribution in [0.1, 0.15) is 0 Å². The summed E-state index contributed by atoms with van der Waals surface area (Å²) in [5, 5.41) is 0. The van der Waals surface area contributed by atoms with E-state index in [0.717, 1.165) is 10.3 Å². The normalized spacial score (nSPS) is 9.56. The van der Waals surface area contributed by atoms with Crippen molar-refractivity contribution in [2.24, 2.45) is 7.05 Å². The Morgan fingerprint density at radius 3 is 2.67 bits per heavy atom. The lowest BCUT2D eigenvalue weighted by Crippen LogP contribution is -2.31. The second-order valence-electron chi connectivity index (χ2n) is 1.88. The fourth-order valence-corrected chi connectivity index (χ4v) is 1.02. The van der Waals surface area contributed by atoms with Crippen LogP contribution in [0.4, 0.5) is 5.82 Å². The predicted octanol–water partition coefficient (Wildman–Crippen LogP) is 0.856. The summed E-state index contributed by atoms with van der Waals surface area (Å²) in [6.45, 7) is 0. The van der Waals surface area contributed by atoms with Gasteiger partial charge in [-0.2, -0.15) is 0 Å². The van der Waals surface area contributed by atoms with E-state index < -0.39 is 0 Å². The standard InChI is InChI=1S/C6H7BrN2/c1-9-4-5(7)2-3-6(9)8/h2-4,8H,1H3/p+1. The van der Waals surface area contributed by atoms with Crippen LogP contribution in [0.2, 0.25) is 0 Å². The van der Waals surface area contributed by atoms with E-state index in [1.165, 1.54) is 0 Å². The first kappa shape index (κ1) is 6.55. The summed E-state index contributed by atoms with van der Waals surface area (Å²) in [4.78, 5) is 0. The summed E-state index contributed by atoms with van der Waals surface area (Å²) in [6, 6.07) is 3.76. The maximum atomic E-state index is 5.53. The first-order valence-corrected chi connectivity index (χ1v) is 3.40. The maximum absolute atomic E-state index is 5.53. The minimum Gasteiger partial charge on any atom is -0.287 e. The van der Waals surface area contributed by atoms with Crippen molar-refractivity contribution in [1.82, 2.24) is 0 Å². The number of anilines is 1. The molecule has 0 radical (unpaired) electrons. The fraction of sp³-hybridized carbons (Fsp3) is 0.167. The molecule has 0 amide bonds. The van der Waals surface area contributed by atoms with Gasteiger partial charge >= 0.3 is 0 Å². The van der Waals surface area contributed by atoms with Crippen LogP contribution in [0.15, 0.2) is 22.8 Å². The van der Waals surface area contributed by atoms with E-state index in [1.54, 1.807) is 0 Å². The number of nitrogens with two attached hydrogens (primary N) is 1. The van der Waals surface area contributed by atoms with Gasteiger partial charge in [0, 0.05) is 6.07 Å². The molecule has 0 atom stereocenters. The Balaban J connectivity index is 3.17. The van der Waals surface area contributed by atoms with Gasteiger partial charge in [0.1, 0.15) is 6.20 Å². The van der Waals surface area contributed by atoms with Gasteiger partial charge in [-0.3, -0.25) is 5.73 Å². The fourth-order valence-electron chi connectivity index (χ4n) is 0.585. The van der Waals surface area contributed by atoms with Gasteiger partial charge in [-0.1, -0.05) is 0 Å². The number of nitrogens with zero attached hydrogens (tertiary/aromatic N) is 1. The van der Waals surface area contributed by atoms with Crippen LogP contribution in [-0.4, -0.2) is 0 Å². The molecule has 0 saturated heterocycles. The van der Waals surface area contributed by atoms with Crippen LogP contribution in [0.3, 0.4) is 0 Å². The lowest BCUT2D eigenvalue weighted by molar-refractivity contribution is -0.657. The van der Waals surface area contributed by atoms with Gasteiger partial charge in [0.15, 0.2) is 0 Å². The molecule has 1 aromatic heterocycles. The molecule has 48 valence electrons. The highest BCUT2D eigenvalue weighted by Crippen LogP contribution is 2.05. The summed E-state index contributed by atoms with van der Waals surface area (Å²) < 4.78 is 2.89. The Hall–Kier alpha value is -0.570. The van der Waals surface area contributed by atoms with E-state index in [2.05, 4.69) is 15.9 Å². The average molecular weight is 188 g/mol. The molecule has 0 fully saturated rings. The zero-order valence-electron chi connectivity index (χ0n) is 5.13. The van der Waals surface area contributed by atoms with Gasteiger partial charge in [-0.15, -0.1) is 0 Å². The highest BCUT2D eigenvalue weighted by Gasteiger charge is 1.96. The van der Waals surface area contributed by atoms with E-state index in [-0.39, 0.29) is 0 Å². The lowest BCUT2D eigenvalue weighted by Gasteiger charge is -1.93. The van der Waals surface area contributed by atoms with Crippen molar-refractivity contribution in [3.8, 4) is 0 Å². The predicted molar refractivity (Wildman–Crippen MR) is 39.7 cm³/mol. The molecular weight excluding hydrogens is 180 g/mol. The third kappa shape index (κ3) is 1.42. The minimum absolute atomic E-state index is 0.762. The summed E-state index contributed by atoms with van der Waals surface area (Å²) in [5.41, 5.74) is 5.53. The molecule has 1 rings (SSSR count). The number of nitrogen functional groups attached to an aromatic ring is 1. The third-order valence-electron chi connectivity index (χ3n) is 1.14. The monoisotopic (exact) mass is 187 g/mol. The largest absolute Gasteiger partial charge is 0.287 e. The van der Waals surface area contributed by atoms with Gasteiger partial charge in [0.25, 0.3) is 5.82 Å². The molecule has 3 heteroatoms. The lowest BCUT2D eigenvalue weighted by atomic mass is 10.4. The van der Waals surface area contributed by atoms with Crippen LogP contribution < -0.4 is 10.3 Å². The van der Waals surface area contributed by atoms with Crippen LogP contribution in [0.25, 0.3) is 0 Å². The summed E-state index contributed by atoms with van der Waals surface area (Å²) >= 11 is 3.32. The number of pyridine rings is 1. The van der Waals surface area contributed by atoms with Gasteiger partial charge in [-0.05, 0) is 22.0 Å². The van der Waals surface area contributed by atoms with Gasteiger partial charge in [-0.25, -0.2) is 4.57 Å². The van der Waals surface area contributed by atoms with Crippen molar-refractivity contribution in [1.29, 1.82) is 0 Å². The molecule has 0 saturated carbocycles. The van der Waals surface area contributed by atoms with Crippen molar-refractivity contribution < 1.29 is 4.57 Å². The molecule has 2 nitrogen and oxygen atoms in total. The van der Waals surface area contributed by atoms with Gasteiger partial charge in [0.05, 0.1) is 11.5 Å². The Kier molecular flexibility index (Phi) is 1.71. The molecule has 1 heterocycles. The van der Waals surface area contributed by atoms with Crippen molar-refractivity contribution in [3.05, 3.63) is 22.8 Å².